The van der Waals surface area contributed by atoms with Crippen LogP contribution in [0.2, 0.25) is 0 Å². The van der Waals surface area contributed by atoms with Gasteiger partial charge in [-0.15, -0.1) is 0 Å². The van der Waals surface area contributed by atoms with E-state index < -0.39 is 0 Å². The quantitative estimate of drug-likeness (QED) is 0.651. The molecule has 1 saturated carbocycles. The largest absolute Gasteiger partial charge is 0.468 e. The van der Waals surface area contributed by atoms with Gasteiger partial charge in [-0.05, 0) is 38.8 Å². The maximum Gasteiger partial charge on any atom is 0.324 e. The highest BCUT2D eigenvalue weighted by Gasteiger charge is 2.23. The number of hydrogen-bond acceptors (Lipinski definition) is 4. The Labute approximate surface area is 105 Å². The fraction of sp³-hybridized carbons (Fsp3) is 0.923. The molecule has 0 bridgehead atoms. The molecule has 0 amide bonds. The van der Waals surface area contributed by atoms with Gasteiger partial charge in [0.1, 0.15) is 6.04 Å². The first kappa shape index (κ1) is 14.5. The highest BCUT2D eigenvalue weighted by molar-refractivity contribution is 5.75. The van der Waals surface area contributed by atoms with Crippen molar-refractivity contribution in [2.24, 2.45) is 5.92 Å². The van der Waals surface area contributed by atoms with E-state index in [2.05, 4.69) is 24.2 Å². The second kappa shape index (κ2) is 7.67. The molecule has 100 valence electrons. The number of nitrogens with zero attached hydrogens (tertiary/aromatic N) is 1. The molecule has 1 unspecified atom stereocenters. The Morgan fingerprint density at radius 2 is 2.24 bits per heavy atom. The second-order valence-electron chi connectivity index (χ2n) is 5.05. The standard InChI is InChI=1S/C13H26N2O2/c1-4-8-14-12(13(16)17-3)10-15(2)9-11-6-5-7-11/h11-12,14H,4-10H2,1-3H3. The van der Waals surface area contributed by atoms with Crippen LogP contribution >= 0.6 is 0 Å². The van der Waals surface area contributed by atoms with Gasteiger partial charge in [0.15, 0.2) is 0 Å². The average molecular weight is 242 g/mol. The van der Waals surface area contributed by atoms with Crippen LogP contribution in [0.15, 0.2) is 0 Å². The maximum atomic E-state index is 11.6. The summed E-state index contributed by atoms with van der Waals surface area (Å²) in [6.07, 6.45) is 5.08. The Morgan fingerprint density at radius 3 is 2.71 bits per heavy atom. The molecular formula is C13H26N2O2. The zero-order chi connectivity index (χ0) is 12.7. The molecule has 1 N–H and O–H groups in total. The highest BCUT2D eigenvalue weighted by Crippen LogP contribution is 2.26. The third-order valence-electron chi connectivity index (χ3n) is 3.42. The van der Waals surface area contributed by atoms with Crippen LogP contribution in [0.25, 0.3) is 0 Å². The van der Waals surface area contributed by atoms with E-state index in [1.807, 2.05) is 0 Å². The summed E-state index contributed by atoms with van der Waals surface area (Å²) in [4.78, 5) is 13.9. The minimum absolute atomic E-state index is 0.154. The Kier molecular flexibility index (Phi) is 6.52. The molecule has 1 aliphatic carbocycles. The van der Waals surface area contributed by atoms with E-state index in [9.17, 15) is 4.79 Å². The van der Waals surface area contributed by atoms with Gasteiger partial charge in [-0.25, -0.2) is 0 Å². The molecular weight excluding hydrogens is 216 g/mol. The zero-order valence-electron chi connectivity index (χ0n) is 11.4. The SMILES string of the molecule is CCCNC(CN(C)CC1CCC1)C(=O)OC. The third-order valence-corrected chi connectivity index (χ3v) is 3.42. The number of methoxy groups -OCH3 is 1. The van der Waals surface area contributed by atoms with Crippen LogP contribution in [0.3, 0.4) is 0 Å². The Hall–Kier alpha value is -0.610. The summed E-state index contributed by atoms with van der Waals surface area (Å²) in [6.45, 7) is 4.79. The molecule has 1 atom stereocenters. The van der Waals surface area contributed by atoms with Crippen molar-refractivity contribution in [3.63, 3.8) is 0 Å². The molecule has 0 aromatic rings. The first-order chi connectivity index (χ1) is 8.17. The van der Waals surface area contributed by atoms with Crippen molar-refractivity contribution in [3.8, 4) is 0 Å². The van der Waals surface area contributed by atoms with E-state index in [-0.39, 0.29) is 12.0 Å². The number of carbonyl (C=O) groups excluding carboxylic acids is 1. The summed E-state index contributed by atoms with van der Waals surface area (Å²) in [5.74, 6) is 0.684. The third kappa shape index (κ3) is 5.04. The van der Waals surface area contributed by atoms with Crippen LogP contribution in [-0.2, 0) is 9.53 Å². The summed E-state index contributed by atoms with van der Waals surface area (Å²) in [6, 6.07) is -0.190. The molecule has 0 radical (unpaired) electrons. The van der Waals surface area contributed by atoms with Gasteiger partial charge >= 0.3 is 5.97 Å². The van der Waals surface area contributed by atoms with Crippen LogP contribution in [-0.4, -0.2) is 50.7 Å². The number of esters is 1. The van der Waals surface area contributed by atoms with Crippen molar-refractivity contribution in [1.29, 1.82) is 0 Å². The van der Waals surface area contributed by atoms with Gasteiger partial charge in [0.2, 0.25) is 0 Å². The van der Waals surface area contributed by atoms with Crippen molar-refractivity contribution in [3.05, 3.63) is 0 Å². The monoisotopic (exact) mass is 242 g/mol. The first-order valence-electron chi connectivity index (χ1n) is 6.67. The Balaban J connectivity index is 2.31. The minimum Gasteiger partial charge on any atom is -0.468 e. The summed E-state index contributed by atoms with van der Waals surface area (Å²) < 4.78 is 4.83. The van der Waals surface area contributed by atoms with E-state index in [0.717, 1.165) is 32.0 Å². The van der Waals surface area contributed by atoms with Crippen molar-refractivity contribution in [2.75, 3.05) is 33.8 Å². The van der Waals surface area contributed by atoms with E-state index in [0.29, 0.717) is 0 Å². The molecule has 0 spiro atoms. The number of ether oxygens (including phenoxy) is 1. The zero-order valence-corrected chi connectivity index (χ0v) is 11.4. The van der Waals surface area contributed by atoms with Crippen LogP contribution in [0.5, 0.6) is 0 Å². The van der Waals surface area contributed by atoms with Gasteiger partial charge in [-0.3, -0.25) is 4.79 Å². The van der Waals surface area contributed by atoms with Gasteiger partial charge in [-0.1, -0.05) is 13.3 Å². The fourth-order valence-electron chi connectivity index (χ4n) is 2.19. The lowest BCUT2D eigenvalue weighted by Crippen LogP contribution is -2.47. The van der Waals surface area contributed by atoms with Crippen molar-refractivity contribution < 1.29 is 9.53 Å². The van der Waals surface area contributed by atoms with Crippen LogP contribution in [0.4, 0.5) is 0 Å². The van der Waals surface area contributed by atoms with Crippen LogP contribution < -0.4 is 5.32 Å². The number of likely N-dealkylation sites (N-methyl/N-ethyl adjacent to an activating group) is 1. The summed E-state index contributed by atoms with van der Waals surface area (Å²) in [5, 5.41) is 3.24. The van der Waals surface area contributed by atoms with Gasteiger partial charge < -0.3 is 15.0 Å². The lowest BCUT2D eigenvalue weighted by Gasteiger charge is -2.31. The van der Waals surface area contributed by atoms with E-state index in [1.54, 1.807) is 0 Å². The molecule has 17 heavy (non-hydrogen) atoms. The number of nitrogens with one attached hydrogen (secondary N) is 1. The lowest BCUT2D eigenvalue weighted by molar-refractivity contribution is -0.143. The normalized spacial score (nSPS) is 17.9. The molecule has 1 rings (SSSR count). The van der Waals surface area contributed by atoms with E-state index in [4.69, 9.17) is 4.74 Å². The van der Waals surface area contributed by atoms with E-state index >= 15 is 0 Å². The first-order valence-corrected chi connectivity index (χ1v) is 6.67. The van der Waals surface area contributed by atoms with Crippen molar-refractivity contribution in [2.45, 2.75) is 38.6 Å². The molecule has 0 aliphatic heterocycles. The molecule has 0 saturated heterocycles. The molecule has 4 nitrogen and oxygen atoms in total. The summed E-state index contributed by atoms with van der Waals surface area (Å²) in [5.41, 5.74) is 0. The predicted octanol–water partition coefficient (Wildman–Crippen LogP) is 1.26. The minimum atomic E-state index is -0.190. The van der Waals surface area contributed by atoms with E-state index in [1.165, 1.54) is 26.4 Å². The number of carbonyl (C=O) groups is 1. The predicted molar refractivity (Wildman–Crippen MR) is 68.9 cm³/mol. The van der Waals surface area contributed by atoms with Gasteiger partial charge in [0.25, 0.3) is 0 Å². The molecule has 0 aromatic carbocycles. The number of rotatable bonds is 8. The summed E-state index contributed by atoms with van der Waals surface area (Å²) in [7, 11) is 3.54. The molecule has 1 fully saturated rings. The topological polar surface area (TPSA) is 41.6 Å². The van der Waals surface area contributed by atoms with Crippen LogP contribution in [0.1, 0.15) is 32.6 Å². The van der Waals surface area contributed by atoms with Crippen molar-refractivity contribution >= 4 is 5.97 Å². The maximum absolute atomic E-state index is 11.6. The highest BCUT2D eigenvalue weighted by atomic mass is 16.5. The van der Waals surface area contributed by atoms with Crippen LogP contribution in [0, 0.1) is 5.92 Å². The van der Waals surface area contributed by atoms with Gasteiger partial charge in [-0.2, -0.15) is 0 Å². The average Bonchev–Trinajstić information content (AvgIpc) is 2.28. The lowest BCUT2D eigenvalue weighted by atomic mass is 9.85. The second-order valence-corrected chi connectivity index (χ2v) is 5.05. The molecule has 1 aliphatic rings. The Bertz CT molecular complexity index is 229. The summed E-state index contributed by atoms with van der Waals surface area (Å²) >= 11 is 0. The molecule has 0 aromatic heterocycles. The van der Waals surface area contributed by atoms with Crippen molar-refractivity contribution in [1.82, 2.24) is 10.2 Å². The van der Waals surface area contributed by atoms with Gasteiger partial charge in [0.05, 0.1) is 7.11 Å². The fourth-order valence-corrected chi connectivity index (χ4v) is 2.19. The van der Waals surface area contributed by atoms with Gasteiger partial charge in [0, 0.05) is 13.1 Å². The molecule has 4 heteroatoms. The molecule has 0 heterocycles. The number of hydrogen-bond donors (Lipinski definition) is 1. The Morgan fingerprint density at radius 1 is 1.53 bits per heavy atom. The smallest absolute Gasteiger partial charge is 0.324 e.